The van der Waals surface area contributed by atoms with E-state index in [4.69, 9.17) is 28.2 Å². The van der Waals surface area contributed by atoms with Crippen molar-refractivity contribution in [2.24, 2.45) is 0 Å². The molecule has 5 nitrogen and oxygen atoms in total. The number of piperazine rings is 1. The van der Waals surface area contributed by atoms with Crippen LogP contribution >= 0.6 is 34.5 Å². The van der Waals surface area contributed by atoms with Gasteiger partial charge in [0.15, 0.2) is 5.13 Å². The molecule has 0 spiro atoms. The molecule has 1 saturated heterocycles. The number of sulfonamides is 1. The number of anilines is 1. The van der Waals surface area contributed by atoms with Crippen molar-refractivity contribution in [1.82, 2.24) is 9.29 Å². The number of rotatable bonds is 5. The molecule has 0 bridgehead atoms. The van der Waals surface area contributed by atoms with Gasteiger partial charge in [-0.1, -0.05) is 29.3 Å². The molecule has 10 heteroatoms. The molecule has 4 rings (SSSR count). The fourth-order valence-corrected chi connectivity index (χ4v) is 5.88. The Kier molecular flexibility index (Phi) is 6.31. The predicted octanol–water partition coefficient (Wildman–Crippen LogP) is 4.69. The standard InChI is InChI=1S/C20H18Cl2FN3O2S2/c21-18-6-1-14(12-19(18)22)11-16-13-29-20(24-16)25-7-9-26(10-8-25)30(27,28)17-4-2-15(23)3-5-17/h1-6,12-13H,7-11H2. The van der Waals surface area contributed by atoms with E-state index >= 15 is 0 Å². The third-order valence-electron chi connectivity index (χ3n) is 4.87. The summed E-state index contributed by atoms with van der Waals surface area (Å²) in [7, 11) is -3.63. The number of aromatic nitrogens is 1. The summed E-state index contributed by atoms with van der Waals surface area (Å²) in [6, 6.07) is 10.4. The van der Waals surface area contributed by atoms with Gasteiger partial charge in [-0.25, -0.2) is 17.8 Å². The van der Waals surface area contributed by atoms with E-state index in [-0.39, 0.29) is 4.90 Å². The molecule has 0 saturated carbocycles. The van der Waals surface area contributed by atoms with Gasteiger partial charge in [0.2, 0.25) is 10.0 Å². The number of halogens is 3. The molecule has 0 aliphatic carbocycles. The third-order valence-corrected chi connectivity index (χ3v) is 8.47. The molecule has 0 atom stereocenters. The Bertz CT molecular complexity index is 1150. The van der Waals surface area contributed by atoms with Crippen LogP contribution in [0.25, 0.3) is 0 Å². The van der Waals surface area contributed by atoms with Crippen LogP contribution in [0.1, 0.15) is 11.3 Å². The maximum absolute atomic E-state index is 13.1. The van der Waals surface area contributed by atoms with Gasteiger partial charge in [-0.05, 0) is 42.0 Å². The van der Waals surface area contributed by atoms with Crippen molar-refractivity contribution in [2.45, 2.75) is 11.3 Å². The van der Waals surface area contributed by atoms with Gasteiger partial charge in [0.1, 0.15) is 5.82 Å². The molecule has 2 heterocycles. The average Bonchev–Trinajstić information content (AvgIpc) is 3.20. The molecule has 0 amide bonds. The number of thiazole rings is 1. The lowest BCUT2D eigenvalue weighted by Crippen LogP contribution is -2.48. The van der Waals surface area contributed by atoms with Crippen LogP contribution in [0.4, 0.5) is 9.52 Å². The summed E-state index contributed by atoms with van der Waals surface area (Å²) >= 11 is 13.6. The third kappa shape index (κ3) is 4.63. The van der Waals surface area contributed by atoms with E-state index < -0.39 is 15.8 Å². The maximum atomic E-state index is 13.1. The molecule has 1 aliphatic heterocycles. The summed E-state index contributed by atoms with van der Waals surface area (Å²) in [5.74, 6) is -0.459. The van der Waals surface area contributed by atoms with Crippen LogP contribution < -0.4 is 4.90 Å². The van der Waals surface area contributed by atoms with Crippen LogP contribution in [-0.4, -0.2) is 43.9 Å². The molecule has 1 aliphatic rings. The van der Waals surface area contributed by atoms with Gasteiger partial charge in [0.25, 0.3) is 0 Å². The monoisotopic (exact) mass is 485 g/mol. The SMILES string of the molecule is O=S(=O)(c1ccc(F)cc1)N1CCN(c2nc(Cc3ccc(Cl)c(Cl)c3)cs2)CC1. The Morgan fingerprint density at radius 1 is 1.00 bits per heavy atom. The van der Waals surface area contributed by atoms with Gasteiger partial charge in [-0.2, -0.15) is 4.31 Å². The molecule has 2 aromatic carbocycles. The van der Waals surface area contributed by atoms with E-state index in [0.717, 1.165) is 28.5 Å². The Hall–Kier alpha value is -1.71. The van der Waals surface area contributed by atoms with Gasteiger partial charge in [0, 0.05) is 38.0 Å². The van der Waals surface area contributed by atoms with E-state index in [0.29, 0.717) is 42.6 Å². The number of hydrogen-bond donors (Lipinski definition) is 0. The second kappa shape index (κ2) is 8.80. The molecule has 1 aromatic heterocycles. The fourth-order valence-electron chi connectivity index (χ4n) is 3.26. The zero-order valence-electron chi connectivity index (χ0n) is 15.8. The minimum absolute atomic E-state index is 0.107. The first-order valence-corrected chi connectivity index (χ1v) is 12.3. The van der Waals surface area contributed by atoms with Crippen molar-refractivity contribution in [3.63, 3.8) is 0 Å². The van der Waals surface area contributed by atoms with Crippen molar-refractivity contribution >= 4 is 49.7 Å². The molecule has 1 fully saturated rings. The van der Waals surface area contributed by atoms with E-state index in [1.54, 1.807) is 6.07 Å². The van der Waals surface area contributed by atoms with Crippen molar-refractivity contribution < 1.29 is 12.8 Å². The molecule has 3 aromatic rings. The second-order valence-corrected chi connectivity index (χ2v) is 10.5. The lowest BCUT2D eigenvalue weighted by Gasteiger charge is -2.33. The van der Waals surface area contributed by atoms with Crippen LogP contribution in [0, 0.1) is 5.82 Å². The lowest BCUT2D eigenvalue weighted by atomic mass is 10.1. The van der Waals surface area contributed by atoms with Crippen LogP contribution in [0.5, 0.6) is 0 Å². The highest BCUT2D eigenvalue weighted by molar-refractivity contribution is 7.89. The van der Waals surface area contributed by atoms with Crippen molar-refractivity contribution in [1.29, 1.82) is 0 Å². The van der Waals surface area contributed by atoms with Gasteiger partial charge in [0.05, 0.1) is 20.6 Å². The number of nitrogens with zero attached hydrogens (tertiary/aromatic N) is 3. The first kappa shape index (κ1) is 21.5. The maximum Gasteiger partial charge on any atom is 0.243 e. The highest BCUT2D eigenvalue weighted by Crippen LogP contribution is 2.27. The van der Waals surface area contributed by atoms with E-state index in [9.17, 15) is 12.8 Å². The number of hydrogen-bond acceptors (Lipinski definition) is 5. The van der Waals surface area contributed by atoms with Crippen LogP contribution in [0.15, 0.2) is 52.7 Å². The molecular formula is C20H18Cl2FN3O2S2. The van der Waals surface area contributed by atoms with Gasteiger partial charge in [-0.3, -0.25) is 0 Å². The summed E-state index contributed by atoms with van der Waals surface area (Å²) in [5.41, 5.74) is 1.95. The van der Waals surface area contributed by atoms with Crippen LogP contribution in [0.3, 0.4) is 0 Å². The Morgan fingerprint density at radius 3 is 2.37 bits per heavy atom. The molecule has 0 radical (unpaired) electrons. The summed E-state index contributed by atoms with van der Waals surface area (Å²) in [4.78, 5) is 6.89. The zero-order chi connectivity index (χ0) is 21.3. The van der Waals surface area contributed by atoms with Gasteiger partial charge < -0.3 is 4.90 Å². The van der Waals surface area contributed by atoms with E-state index in [1.807, 2.05) is 17.5 Å². The molecular weight excluding hydrogens is 468 g/mol. The molecule has 30 heavy (non-hydrogen) atoms. The molecule has 0 unspecified atom stereocenters. The summed E-state index contributed by atoms with van der Waals surface area (Å²) in [5, 5.41) is 3.90. The van der Waals surface area contributed by atoms with Crippen LogP contribution in [-0.2, 0) is 16.4 Å². The second-order valence-electron chi connectivity index (χ2n) is 6.89. The molecule has 158 valence electrons. The topological polar surface area (TPSA) is 53.5 Å². The van der Waals surface area contributed by atoms with E-state index in [2.05, 4.69) is 4.90 Å². The normalized spacial score (nSPS) is 15.5. The van der Waals surface area contributed by atoms with Crippen molar-refractivity contribution in [2.75, 3.05) is 31.1 Å². The lowest BCUT2D eigenvalue weighted by molar-refractivity contribution is 0.384. The Morgan fingerprint density at radius 2 is 1.70 bits per heavy atom. The minimum Gasteiger partial charge on any atom is -0.345 e. The van der Waals surface area contributed by atoms with Gasteiger partial charge >= 0.3 is 0 Å². The Balaban J connectivity index is 1.40. The first-order chi connectivity index (χ1) is 14.3. The number of benzene rings is 2. The fraction of sp³-hybridized carbons (Fsp3) is 0.250. The minimum atomic E-state index is -3.63. The summed E-state index contributed by atoms with van der Waals surface area (Å²) in [6.07, 6.45) is 0.645. The zero-order valence-corrected chi connectivity index (χ0v) is 18.9. The highest BCUT2D eigenvalue weighted by Gasteiger charge is 2.29. The van der Waals surface area contributed by atoms with E-state index in [1.165, 1.54) is 27.8 Å². The Labute approximate surface area is 188 Å². The van der Waals surface area contributed by atoms with Crippen molar-refractivity contribution in [3.05, 3.63) is 75.0 Å². The summed E-state index contributed by atoms with van der Waals surface area (Å²) < 4.78 is 40.0. The highest BCUT2D eigenvalue weighted by atomic mass is 35.5. The largest absolute Gasteiger partial charge is 0.345 e. The predicted molar refractivity (Wildman–Crippen MR) is 119 cm³/mol. The summed E-state index contributed by atoms with van der Waals surface area (Å²) in [6.45, 7) is 1.78. The smallest absolute Gasteiger partial charge is 0.243 e. The first-order valence-electron chi connectivity index (χ1n) is 9.22. The van der Waals surface area contributed by atoms with Crippen molar-refractivity contribution in [3.8, 4) is 0 Å². The van der Waals surface area contributed by atoms with Gasteiger partial charge in [-0.15, -0.1) is 11.3 Å². The molecule has 0 N–H and O–H groups in total. The van der Waals surface area contributed by atoms with Crippen LogP contribution in [0.2, 0.25) is 10.0 Å². The quantitative estimate of drug-likeness (QED) is 0.525. The average molecular weight is 486 g/mol.